The van der Waals surface area contributed by atoms with Crippen LogP contribution in [0.15, 0.2) is 0 Å². The zero-order valence-electron chi connectivity index (χ0n) is 6.71. The van der Waals surface area contributed by atoms with Crippen molar-refractivity contribution in [3.8, 4) is 0 Å². The number of thioether (sulfide) groups is 1. The van der Waals surface area contributed by atoms with Gasteiger partial charge in [0.2, 0.25) is 0 Å². The van der Waals surface area contributed by atoms with Crippen molar-refractivity contribution in [1.82, 2.24) is 4.90 Å². The molecule has 0 unspecified atom stereocenters. The van der Waals surface area contributed by atoms with Gasteiger partial charge in [-0.2, -0.15) is 11.8 Å². The van der Waals surface area contributed by atoms with Gasteiger partial charge in [0.1, 0.15) is 0 Å². The van der Waals surface area contributed by atoms with Crippen LogP contribution in [0.4, 0.5) is 0 Å². The average Bonchev–Trinajstić information content (AvgIpc) is 2.44. The molecule has 2 bridgehead atoms. The summed E-state index contributed by atoms with van der Waals surface area (Å²) in [5, 5.41) is 0.979. The van der Waals surface area contributed by atoms with Gasteiger partial charge in [-0.15, -0.1) is 0 Å². The fraction of sp³-hybridized carbons (Fsp3) is 1.00. The maximum atomic E-state index is 2.65. The fourth-order valence-corrected chi connectivity index (χ4v) is 3.52. The van der Waals surface area contributed by atoms with E-state index in [4.69, 9.17) is 0 Å². The van der Waals surface area contributed by atoms with Crippen LogP contribution >= 0.6 is 11.8 Å². The SMILES string of the molecule is CC(C)N1C[C@H]2C[C@@H]1CS2. The van der Waals surface area contributed by atoms with Gasteiger partial charge in [0, 0.05) is 29.6 Å². The third-order valence-corrected chi connectivity index (χ3v) is 4.00. The van der Waals surface area contributed by atoms with E-state index >= 15 is 0 Å². The Kier molecular flexibility index (Phi) is 1.69. The summed E-state index contributed by atoms with van der Waals surface area (Å²) >= 11 is 2.17. The van der Waals surface area contributed by atoms with E-state index in [2.05, 4.69) is 30.5 Å². The van der Waals surface area contributed by atoms with E-state index in [-0.39, 0.29) is 0 Å². The second-order valence-corrected chi connectivity index (χ2v) is 4.97. The number of rotatable bonds is 1. The molecule has 0 spiro atoms. The zero-order chi connectivity index (χ0) is 7.14. The van der Waals surface area contributed by atoms with Crippen molar-refractivity contribution < 1.29 is 0 Å². The molecule has 0 aliphatic carbocycles. The first kappa shape index (κ1) is 6.99. The Bertz CT molecular complexity index is 135. The molecule has 0 aromatic carbocycles. The summed E-state index contributed by atoms with van der Waals surface area (Å²) in [6.45, 7) is 5.98. The Balaban J connectivity index is 2.02. The molecule has 1 nitrogen and oxygen atoms in total. The highest BCUT2D eigenvalue weighted by Gasteiger charge is 2.39. The van der Waals surface area contributed by atoms with Crippen LogP contribution in [-0.4, -0.2) is 34.5 Å². The number of hydrogen-bond donors (Lipinski definition) is 0. The van der Waals surface area contributed by atoms with E-state index in [0.29, 0.717) is 0 Å². The highest BCUT2D eigenvalue weighted by Crippen LogP contribution is 2.38. The summed E-state index contributed by atoms with van der Waals surface area (Å²) in [4.78, 5) is 2.65. The molecule has 2 heterocycles. The molecule has 2 atom stereocenters. The molecule has 0 aromatic rings. The van der Waals surface area contributed by atoms with Crippen LogP contribution in [0.3, 0.4) is 0 Å². The Labute approximate surface area is 67.2 Å². The van der Waals surface area contributed by atoms with Gasteiger partial charge in [0.15, 0.2) is 0 Å². The van der Waals surface area contributed by atoms with Crippen molar-refractivity contribution in [2.75, 3.05) is 12.3 Å². The maximum absolute atomic E-state index is 2.65. The smallest absolute Gasteiger partial charge is 0.0200 e. The van der Waals surface area contributed by atoms with Crippen LogP contribution in [0.25, 0.3) is 0 Å². The molecular weight excluding hydrogens is 142 g/mol. The Morgan fingerprint density at radius 1 is 1.50 bits per heavy atom. The molecule has 2 aliphatic rings. The van der Waals surface area contributed by atoms with Crippen molar-refractivity contribution >= 4 is 11.8 Å². The maximum Gasteiger partial charge on any atom is 0.0200 e. The summed E-state index contributed by atoms with van der Waals surface area (Å²) < 4.78 is 0. The third-order valence-electron chi connectivity index (χ3n) is 2.61. The standard InChI is InChI=1S/C8H15NS/c1-6(2)9-4-8-3-7(9)5-10-8/h6-8H,3-5H2,1-2H3/t7-,8-/m1/s1. The number of nitrogens with zero attached hydrogens (tertiary/aromatic N) is 1. The van der Waals surface area contributed by atoms with E-state index in [1.807, 2.05) is 0 Å². The molecule has 2 heteroatoms. The van der Waals surface area contributed by atoms with Gasteiger partial charge < -0.3 is 0 Å². The van der Waals surface area contributed by atoms with Crippen molar-refractivity contribution in [3.05, 3.63) is 0 Å². The van der Waals surface area contributed by atoms with Crippen molar-refractivity contribution in [2.24, 2.45) is 0 Å². The lowest BCUT2D eigenvalue weighted by Crippen LogP contribution is -2.39. The minimum absolute atomic E-state index is 0.774. The highest BCUT2D eigenvalue weighted by molar-refractivity contribution is 8.00. The first-order chi connectivity index (χ1) is 4.77. The molecule has 0 amide bonds. The molecule has 2 rings (SSSR count). The van der Waals surface area contributed by atoms with Gasteiger partial charge in [-0.25, -0.2) is 0 Å². The summed E-state index contributed by atoms with van der Waals surface area (Å²) in [7, 11) is 0. The van der Waals surface area contributed by atoms with Crippen molar-refractivity contribution in [3.63, 3.8) is 0 Å². The number of fused-ring (bicyclic) bond motifs is 2. The van der Waals surface area contributed by atoms with E-state index < -0.39 is 0 Å². The first-order valence-corrected chi connectivity index (χ1v) is 5.19. The third kappa shape index (κ3) is 0.978. The largest absolute Gasteiger partial charge is 0.296 e. The van der Waals surface area contributed by atoms with Gasteiger partial charge in [-0.05, 0) is 20.3 Å². The Hall–Kier alpha value is 0.310. The summed E-state index contributed by atoms with van der Waals surface area (Å²) in [6, 6.07) is 1.70. The van der Waals surface area contributed by atoms with E-state index in [1.54, 1.807) is 0 Å². The number of hydrogen-bond acceptors (Lipinski definition) is 2. The van der Waals surface area contributed by atoms with E-state index in [9.17, 15) is 0 Å². The van der Waals surface area contributed by atoms with E-state index in [1.165, 1.54) is 18.7 Å². The van der Waals surface area contributed by atoms with Gasteiger partial charge >= 0.3 is 0 Å². The summed E-state index contributed by atoms with van der Waals surface area (Å²) in [5.74, 6) is 1.39. The van der Waals surface area contributed by atoms with Crippen molar-refractivity contribution in [1.29, 1.82) is 0 Å². The lowest BCUT2D eigenvalue weighted by Gasteiger charge is -2.29. The lowest BCUT2D eigenvalue weighted by atomic mass is 10.2. The Morgan fingerprint density at radius 2 is 2.30 bits per heavy atom. The predicted molar refractivity (Wildman–Crippen MR) is 46.5 cm³/mol. The van der Waals surface area contributed by atoms with E-state index in [0.717, 1.165) is 17.3 Å². The van der Waals surface area contributed by atoms with Crippen LogP contribution in [0.1, 0.15) is 20.3 Å². The van der Waals surface area contributed by atoms with Crippen molar-refractivity contribution in [2.45, 2.75) is 37.6 Å². The zero-order valence-corrected chi connectivity index (χ0v) is 7.53. The molecule has 0 radical (unpaired) electrons. The highest BCUT2D eigenvalue weighted by atomic mass is 32.2. The van der Waals surface area contributed by atoms with Crippen LogP contribution < -0.4 is 0 Å². The molecule has 0 saturated carbocycles. The molecule has 10 heavy (non-hydrogen) atoms. The quantitative estimate of drug-likeness (QED) is 0.568. The second-order valence-electron chi connectivity index (χ2n) is 3.64. The Morgan fingerprint density at radius 3 is 2.60 bits per heavy atom. The van der Waals surface area contributed by atoms with Gasteiger partial charge in [-0.3, -0.25) is 4.90 Å². The molecular formula is C8H15NS. The monoisotopic (exact) mass is 157 g/mol. The molecule has 0 aromatic heterocycles. The lowest BCUT2D eigenvalue weighted by molar-refractivity contribution is 0.217. The average molecular weight is 157 g/mol. The first-order valence-electron chi connectivity index (χ1n) is 4.14. The van der Waals surface area contributed by atoms with Gasteiger partial charge in [0.25, 0.3) is 0 Å². The van der Waals surface area contributed by atoms with Crippen LogP contribution in [-0.2, 0) is 0 Å². The predicted octanol–water partition coefficient (Wildman–Crippen LogP) is 1.58. The molecule has 2 fully saturated rings. The molecule has 58 valence electrons. The van der Waals surface area contributed by atoms with Gasteiger partial charge in [-0.1, -0.05) is 0 Å². The second kappa shape index (κ2) is 2.42. The normalized spacial score (nSPS) is 39.9. The number of likely N-dealkylation sites (tertiary alicyclic amines) is 1. The van der Waals surface area contributed by atoms with Crippen LogP contribution in [0.2, 0.25) is 0 Å². The van der Waals surface area contributed by atoms with Gasteiger partial charge in [0.05, 0.1) is 0 Å². The minimum Gasteiger partial charge on any atom is -0.296 e. The molecule has 2 saturated heterocycles. The molecule has 2 aliphatic heterocycles. The summed E-state index contributed by atoms with van der Waals surface area (Å²) in [6.07, 6.45) is 1.46. The van der Waals surface area contributed by atoms with Crippen LogP contribution in [0, 0.1) is 0 Å². The fourth-order valence-electron chi connectivity index (χ4n) is 2.06. The minimum atomic E-state index is 0.774. The summed E-state index contributed by atoms with van der Waals surface area (Å²) in [5.41, 5.74) is 0. The van der Waals surface area contributed by atoms with Crippen LogP contribution in [0.5, 0.6) is 0 Å². The topological polar surface area (TPSA) is 3.24 Å². The molecule has 0 N–H and O–H groups in total.